The van der Waals surface area contributed by atoms with Gasteiger partial charge in [0, 0.05) is 41.0 Å². The lowest BCUT2D eigenvalue weighted by atomic mass is 10.1. The zero-order valence-electron chi connectivity index (χ0n) is 15.4. The first kappa shape index (κ1) is 17.8. The van der Waals surface area contributed by atoms with Gasteiger partial charge in [-0.25, -0.2) is 9.97 Å². The smallest absolute Gasteiger partial charge is 0.161 e. The van der Waals surface area contributed by atoms with Crippen LogP contribution in [0.5, 0.6) is 0 Å². The van der Waals surface area contributed by atoms with Crippen LogP contribution in [0.2, 0.25) is 0 Å². The lowest BCUT2D eigenvalue weighted by molar-refractivity contribution is 0.0985. The first-order valence-electron chi connectivity index (χ1n) is 8.92. The van der Waals surface area contributed by atoms with E-state index in [9.17, 15) is 5.26 Å². The summed E-state index contributed by atoms with van der Waals surface area (Å²) in [7, 11) is 0. The number of aromatic amines is 1. The minimum absolute atomic E-state index is 0.285. The highest BCUT2D eigenvalue weighted by molar-refractivity contribution is 7.97. The Bertz CT molecular complexity index is 1010. The van der Waals surface area contributed by atoms with E-state index < -0.39 is 0 Å². The molecule has 0 radical (unpaired) electrons. The van der Waals surface area contributed by atoms with Gasteiger partial charge in [-0.3, -0.25) is 0 Å². The number of nitrogens with zero attached hydrogens (tertiary/aromatic N) is 4. The molecule has 1 aliphatic rings. The number of ether oxygens (including phenoxy) is 1. The number of aromatic nitrogens is 3. The van der Waals surface area contributed by atoms with E-state index in [2.05, 4.69) is 35.2 Å². The molecule has 138 valence electrons. The molecule has 1 fully saturated rings. The van der Waals surface area contributed by atoms with Gasteiger partial charge in [-0.2, -0.15) is 17.0 Å². The average Bonchev–Trinajstić information content (AvgIpc) is 3.10. The Morgan fingerprint density at radius 1 is 1.37 bits per heavy atom. The molecule has 0 spiro atoms. The first-order valence-corrected chi connectivity index (χ1v) is 10.3. The number of morpholine rings is 1. The third kappa shape index (κ3) is 3.51. The van der Waals surface area contributed by atoms with Crippen LogP contribution < -0.4 is 4.90 Å². The monoisotopic (exact) mass is 379 g/mol. The average molecular weight is 379 g/mol. The van der Waals surface area contributed by atoms with E-state index in [0.29, 0.717) is 24.6 Å². The molecule has 7 heteroatoms. The van der Waals surface area contributed by atoms with Gasteiger partial charge in [0.25, 0.3) is 0 Å². The molecule has 1 atom stereocenters. The number of fused-ring (bicyclic) bond motifs is 1. The molecule has 0 amide bonds. The number of anilines is 1. The van der Waals surface area contributed by atoms with Crippen molar-refractivity contribution in [2.75, 3.05) is 30.9 Å². The van der Waals surface area contributed by atoms with Crippen LogP contribution in [0.1, 0.15) is 18.2 Å². The maximum absolute atomic E-state index is 9.20. The highest BCUT2D eigenvalue weighted by Gasteiger charge is 2.22. The largest absolute Gasteiger partial charge is 0.377 e. The first-order chi connectivity index (χ1) is 13.2. The highest BCUT2D eigenvalue weighted by atomic mass is 32.2. The summed E-state index contributed by atoms with van der Waals surface area (Å²) in [5.74, 6) is 2.50. The number of nitriles is 1. The van der Waals surface area contributed by atoms with E-state index >= 15 is 0 Å². The minimum atomic E-state index is 0.285. The normalized spacial score (nSPS) is 17.2. The molecule has 0 aliphatic carbocycles. The van der Waals surface area contributed by atoms with Crippen LogP contribution in [-0.4, -0.2) is 47.0 Å². The van der Waals surface area contributed by atoms with E-state index in [-0.39, 0.29) is 6.04 Å². The number of rotatable bonds is 4. The van der Waals surface area contributed by atoms with E-state index in [1.807, 2.05) is 18.2 Å². The Hall–Kier alpha value is -2.56. The van der Waals surface area contributed by atoms with Crippen LogP contribution in [0.4, 0.5) is 5.82 Å². The summed E-state index contributed by atoms with van der Waals surface area (Å²) in [6.07, 6.45) is 3.81. The van der Waals surface area contributed by atoms with E-state index in [0.717, 1.165) is 40.3 Å². The van der Waals surface area contributed by atoms with Crippen molar-refractivity contribution in [1.29, 1.82) is 5.26 Å². The lowest BCUT2D eigenvalue weighted by Gasteiger charge is -2.34. The molecule has 4 rings (SSSR count). The summed E-state index contributed by atoms with van der Waals surface area (Å²) in [4.78, 5) is 15.1. The van der Waals surface area contributed by atoms with Crippen LogP contribution in [0, 0.1) is 11.3 Å². The Labute approximate surface area is 162 Å². The van der Waals surface area contributed by atoms with Crippen molar-refractivity contribution < 1.29 is 4.74 Å². The fraction of sp³-hybridized carbons (Fsp3) is 0.350. The Morgan fingerprint density at radius 3 is 3.04 bits per heavy atom. The number of H-pyrrole nitrogens is 1. The molecule has 3 heterocycles. The Morgan fingerprint density at radius 2 is 2.26 bits per heavy atom. The molecule has 3 aromatic rings. The summed E-state index contributed by atoms with van der Waals surface area (Å²) < 4.78 is 5.57. The second-order valence-corrected chi connectivity index (χ2v) is 7.53. The minimum Gasteiger partial charge on any atom is -0.377 e. The molecule has 2 aromatic heterocycles. The third-order valence-electron chi connectivity index (χ3n) is 4.78. The van der Waals surface area contributed by atoms with Crippen molar-refractivity contribution in [3.63, 3.8) is 0 Å². The molecular weight excluding hydrogens is 358 g/mol. The SMILES string of the molecule is CSCc1cc(N2CCOCC2C)nc(-c2ccc3c(C#N)c[nH]c3c2)n1. The fourth-order valence-corrected chi connectivity index (χ4v) is 3.85. The van der Waals surface area contributed by atoms with E-state index in [1.54, 1.807) is 18.0 Å². The quantitative estimate of drug-likeness (QED) is 0.746. The van der Waals surface area contributed by atoms with Crippen molar-refractivity contribution in [2.45, 2.75) is 18.7 Å². The second kappa shape index (κ2) is 7.59. The number of hydrogen-bond acceptors (Lipinski definition) is 6. The van der Waals surface area contributed by atoms with Gasteiger partial charge in [0.2, 0.25) is 0 Å². The topological polar surface area (TPSA) is 77.8 Å². The van der Waals surface area contributed by atoms with Crippen LogP contribution in [0.25, 0.3) is 22.3 Å². The van der Waals surface area contributed by atoms with Gasteiger partial charge in [0.1, 0.15) is 11.9 Å². The third-order valence-corrected chi connectivity index (χ3v) is 5.36. The van der Waals surface area contributed by atoms with Gasteiger partial charge in [-0.1, -0.05) is 12.1 Å². The van der Waals surface area contributed by atoms with Gasteiger partial charge < -0.3 is 14.6 Å². The van der Waals surface area contributed by atoms with Crippen molar-refractivity contribution in [1.82, 2.24) is 15.0 Å². The predicted molar refractivity (Wildman–Crippen MR) is 109 cm³/mol. The van der Waals surface area contributed by atoms with Crippen molar-refractivity contribution in [2.24, 2.45) is 0 Å². The maximum Gasteiger partial charge on any atom is 0.161 e. The maximum atomic E-state index is 9.20. The van der Waals surface area contributed by atoms with Crippen LogP contribution in [-0.2, 0) is 10.5 Å². The van der Waals surface area contributed by atoms with Gasteiger partial charge in [-0.05, 0) is 19.2 Å². The molecule has 0 saturated carbocycles. The summed E-state index contributed by atoms with van der Waals surface area (Å²) in [5.41, 5.74) is 3.53. The van der Waals surface area contributed by atoms with Crippen molar-refractivity contribution in [3.8, 4) is 17.5 Å². The molecule has 27 heavy (non-hydrogen) atoms. The number of benzene rings is 1. The molecule has 1 aliphatic heterocycles. The van der Waals surface area contributed by atoms with E-state index in [1.165, 1.54) is 0 Å². The van der Waals surface area contributed by atoms with Gasteiger partial charge >= 0.3 is 0 Å². The zero-order chi connectivity index (χ0) is 18.8. The summed E-state index contributed by atoms with van der Waals surface area (Å²) >= 11 is 1.75. The summed E-state index contributed by atoms with van der Waals surface area (Å²) in [6, 6.07) is 10.5. The van der Waals surface area contributed by atoms with E-state index in [4.69, 9.17) is 14.7 Å². The number of thioether (sulfide) groups is 1. The van der Waals surface area contributed by atoms with Gasteiger partial charge in [-0.15, -0.1) is 0 Å². The molecule has 6 nitrogen and oxygen atoms in total. The van der Waals surface area contributed by atoms with Crippen molar-refractivity contribution >= 4 is 28.5 Å². The molecule has 1 saturated heterocycles. The number of hydrogen-bond donors (Lipinski definition) is 1. The molecule has 1 unspecified atom stereocenters. The molecular formula is C20H21N5OS. The predicted octanol–water partition coefficient (Wildman–Crippen LogP) is 3.58. The van der Waals surface area contributed by atoms with Crippen LogP contribution in [0.3, 0.4) is 0 Å². The molecule has 1 N–H and O–H groups in total. The summed E-state index contributed by atoms with van der Waals surface area (Å²) in [6.45, 7) is 4.41. The Kier molecular flexibility index (Phi) is 5.01. The van der Waals surface area contributed by atoms with Gasteiger partial charge in [0.15, 0.2) is 5.82 Å². The standard InChI is InChI=1S/C20H21N5OS/c1-13-11-26-6-5-25(13)19-8-16(12-27-2)23-20(24-19)14-3-4-17-15(9-21)10-22-18(17)7-14/h3-4,7-8,10,13,22H,5-6,11-12H2,1-2H3. The van der Waals surface area contributed by atoms with Gasteiger partial charge in [0.05, 0.1) is 30.5 Å². The highest BCUT2D eigenvalue weighted by Crippen LogP contribution is 2.27. The van der Waals surface area contributed by atoms with Crippen LogP contribution >= 0.6 is 11.8 Å². The van der Waals surface area contributed by atoms with Crippen molar-refractivity contribution in [3.05, 3.63) is 41.7 Å². The Balaban J connectivity index is 1.78. The number of nitrogens with one attached hydrogen (secondary N) is 1. The lowest BCUT2D eigenvalue weighted by Crippen LogP contribution is -2.44. The fourth-order valence-electron chi connectivity index (χ4n) is 3.41. The zero-order valence-corrected chi connectivity index (χ0v) is 16.2. The second-order valence-electron chi connectivity index (χ2n) is 6.67. The molecule has 0 bridgehead atoms. The van der Waals surface area contributed by atoms with Crippen LogP contribution in [0.15, 0.2) is 30.5 Å². The molecule has 1 aromatic carbocycles. The summed E-state index contributed by atoms with van der Waals surface area (Å²) in [5, 5.41) is 10.1.